The third kappa shape index (κ3) is 7.60. The quantitative estimate of drug-likeness (QED) is 0.586. The van der Waals surface area contributed by atoms with Gasteiger partial charge in [-0.15, -0.1) is 0 Å². The molecule has 1 heteroatoms. The van der Waals surface area contributed by atoms with Gasteiger partial charge in [0, 0.05) is 6.61 Å². The fraction of sp³-hybridized carbons (Fsp3) is 0.800. The molecule has 0 aromatic heterocycles. The molecule has 11 heavy (non-hydrogen) atoms. The fourth-order valence-electron chi connectivity index (χ4n) is 1.13. The van der Waals surface area contributed by atoms with Gasteiger partial charge in [-0.25, -0.2) is 0 Å². The molecule has 0 saturated heterocycles. The molecule has 0 bridgehead atoms. The first kappa shape index (κ1) is 10.7. The second-order valence-corrected chi connectivity index (χ2v) is 3.11. The maximum Gasteiger partial charge on any atom is 0.0465 e. The summed E-state index contributed by atoms with van der Waals surface area (Å²) in [6.45, 7) is 4.76. The van der Waals surface area contributed by atoms with E-state index < -0.39 is 0 Å². The van der Waals surface area contributed by atoms with Crippen molar-refractivity contribution in [3.63, 3.8) is 0 Å². The smallest absolute Gasteiger partial charge is 0.0465 e. The van der Waals surface area contributed by atoms with Crippen molar-refractivity contribution in [2.75, 3.05) is 6.61 Å². The van der Waals surface area contributed by atoms with Gasteiger partial charge in [0.1, 0.15) is 0 Å². The van der Waals surface area contributed by atoms with Gasteiger partial charge in [-0.3, -0.25) is 0 Å². The van der Waals surface area contributed by atoms with Crippen molar-refractivity contribution in [3.8, 4) is 0 Å². The standard InChI is InChI=1S/C10H20O/c1-3-7-10(2)8-5-4-6-9-11/h4-5,10-11H,3,6-9H2,1-2H3/b5-4+. The van der Waals surface area contributed by atoms with Gasteiger partial charge in [-0.2, -0.15) is 0 Å². The van der Waals surface area contributed by atoms with E-state index in [1.807, 2.05) is 0 Å². The summed E-state index contributed by atoms with van der Waals surface area (Å²) in [5, 5.41) is 8.48. The summed E-state index contributed by atoms with van der Waals surface area (Å²) in [5.74, 6) is 0.801. The molecule has 0 saturated carbocycles. The Morgan fingerprint density at radius 3 is 2.64 bits per heavy atom. The molecule has 0 aliphatic heterocycles. The van der Waals surface area contributed by atoms with E-state index in [4.69, 9.17) is 5.11 Å². The van der Waals surface area contributed by atoms with Gasteiger partial charge in [0.05, 0.1) is 0 Å². The third-order valence-corrected chi connectivity index (χ3v) is 1.78. The predicted molar refractivity (Wildman–Crippen MR) is 49.5 cm³/mol. The molecule has 0 aromatic rings. The van der Waals surface area contributed by atoms with Crippen molar-refractivity contribution in [1.82, 2.24) is 0 Å². The number of hydrogen-bond acceptors (Lipinski definition) is 1. The van der Waals surface area contributed by atoms with Crippen LogP contribution in [0.15, 0.2) is 12.2 Å². The minimum absolute atomic E-state index is 0.276. The Kier molecular flexibility index (Phi) is 7.59. The van der Waals surface area contributed by atoms with Gasteiger partial charge in [0.2, 0.25) is 0 Å². The zero-order valence-electron chi connectivity index (χ0n) is 7.71. The largest absolute Gasteiger partial charge is 0.396 e. The van der Waals surface area contributed by atoms with Crippen molar-refractivity contribution in [2.24, 2.45) is 5.92 Å². The molecule has 0 rings (SSSR count). The molecule has 1 N–H and O–H groups in total. The molecule has 0 aromatic carbocycles. The van der Waals surface area contributed by atoms with Gasteiger partial charge in [-0.05, 0) is 18.8 Å². The first-order valence-electron chi connectivity index (χ1n) is 4.57. The van der Waals surface area contributed by atoms with Gasteiger partial charge >= 0.3 is 0 Å². The number of aliphatic hydroxyl groups is 1. The lowest BCUT2D eigenvalue weighted by Crippen LogP contribution is -1.90. The number of rotatable bonds is 6. The molecule has 66 valence electrons. The van der Waals surface area contributed by atoms with E-state index in [0.29, 0.717) is 0 Å². The Balaban J connectivity index is 3.21. The highest BCUT2D eigenvalue weighted by molar-refractivity contribution is 4.82. The molecule has 0 heterocycles. The lowest BCUT2D eigenvalue weighted by Gasteiger charge is -2.04. The molecular formula is C10H20O. The van der Waals surface area contributed by atoms with E-state index in [1.165, 1.54) is 12.8 Å². The molecule has 1 nitrogen and oxygen atoms in total. The summed E-state index contributed by atoms with van der Waals surface area (Å²) in [6.07, 6.45) is 8.79. The van der Waals surface area contributed by atoms with Crippen molar-refractivity contribution in [1.29, 1.82) is 0 Å². The van der Waals surface area contributed by atoms with Crippen LogP contribution in [0.4, 0.5) is 0 Å². The summed E-state index contributed by atoms with van der Waals surface area (Å²) >= 11 is 0. The van der Waals surface area contributed by atoms with Gasteiger partial charge in [-0.1, -0.05) is 38.8 Å². The van der Waals surface area contributed by atoms with Crippen molar-refractivity contribution < 1.29 is 5.11 Å². The Labute approximate surface area is 70.1 Å². The molecule has 1 unspecified atom stereocenters. The molecule has 0 aliphatic rings. The van der Waals surface area contributed by atoms with Crippen LogP contribution in [-0.2, 0) is 0 Å². The average Bonchev–Trinajstić information content (AvgIpc) is 1.99. The average molecular weight is 156 g/mol. The fourth-order valence-corrected chi connectivity index (χ4v) is 1.13. The SMILES string of the molecule is CCCC(C)C/C=C/CCO. The van der Waals surface area contributed by atoms with E-state index in [-0.39, 0.29) is 6.61 Å². The van der Waals surface area contributed by atoms with Crippen LogP contribution < -0.4 is 0 Å². The zero-order chi connectivity index (χ0) is 8.53. The number of allylic oxidation sites excluding steroid dienone is 1. The van der Waals surface area contributed by atoms with Gasteiger partial charge < -0.3 is 5.11 Å². The first-order valence-corrected chi connectivity index (χ1v) is 4.57. The van der Waals surface area contributed by atoms with E-state index in [9.17, 15) is 0 Å². The van der Waals surface area contributed by atoms with Gasteiger partial charge in [0.15, 0.2) is 0 Å². The van der Waals surface area contributed by atoms with Crippen LogP contribution in [0.5, 0.6) is 0 Å². The van der Waals surface area contributed by atoms with E-state index in [2.05, 4.69) is 26.0 Å². The van der Waals surface area contributed by atoms with Crippen LogP contribution in [-0.4, -0.2) is 11.7 Å². The summed E-state index contributed by atoms with van der Waals surface area (Å²) in [7, 11) is 0. The third-order valence-electron chi connectivity index (χ3n) is 1.78. The van der Waals surface area contributed by atoms with E-state index in [0.717, 1.165) is 18.8 Å². The van der Waals surface area contributed by atoms with Crippen LogP contribution in [0, 0.1) is 5.92 Å². The monoisotopic (exact) mass is 156 g/mol. The summed E-state index contributed by atoms with van der Waals surface area (Å²) in [4.78, 5) is 0. The van der Waals surface area contributed by atoms with Crippen LogP contribution in [0.2, 0.25) is 0 Å². The van der Waals surface area contributed by atoms with Crippen molar-refractivity contribution >= 4 is 0 Å². The van der Waals surface area contributed by atoms with Gasteiger partial charge in [0.25, 0.3) is 0 Å². The molecule has 0 radical (unpaired) electrons. The van der Waals surface area contributed by atoms with Crippen LogP contribution in [0.1, 0.15) is 39.5 Å². The highest BCUT2D eigenvalue weighted by Gasteiger charge is 1.95. The Hall–Kier alpha value is -0.300. The van der Waals surface area contributed by atoms with Crippen molar-refractivity contribution in [3.05, 3.63) is 12.2 Å². The summed E-state index contributed by atoms with van der Waals surface area (Å²) < 4.78 is 0. The summed E-state index contributed by atoms with van der Waals surface area (Å²) in [5.41, 5.74) is 0. The molecule has 0 fully saturated rings. The zero-order valence-corrected chi connectivity index (χ0v) is 7.71. The normalized spacial score (nSPS) is 14.1. The lowest BCUT2D eigenvalue weighted by atomic mass is 10.0. The lowest BCUT2D eigenvalue weighted by molar-refractivity contribution is 0.302. The van der Waals surface area contributed by atoms with Crippen LogP contribution in [0.3, 0.4) is 0 Å². The maximum atomic E-state index is 8.48. The second kappa shape index (κ2) is 7.80. The van der Waals surface area contributed by atoms with E-state index >= 15 is 0 Å². The molecule has 0 spiro atoms. The first-order chi connectivity index (χ1) is 5.31. The van der Waals surface area contributed by atoms with Crippen LogP contribution >= 0.6 is 0 Å². The number of hydrogen-bond donors (Lipinski definition) is 1. The summed E-state index contributed by atoms with van der Waals surface area (Å²) in [6, 6.07) is 0. The molecule has 0 aliphatic carbocycles. The minimum atomic E-state index is 0.276. The molecule has 1 atom stereocenters. The Morgan fingerprint density at radius 2 is 2.09 bits per heavy atom. The highest BCUT2D eigenvalue weighted by Crippen LogP contribution is 2.09. The Morgan fingerprint density at radius 1 is 1.36 bits per heavy atom. The topological polar surface area (TPSA) is 20.2 Å². The second-order valence-electron chi connectivity index (χ2n) is 3.11. The van der Waals surface area contributed by atoms with E-state index in [1.54, 1.807) is 0 Å². The molecular weight excluding hydrogens is 136 g/mol. The minimum Gasteiger partial charge on any atom is -0.396 e. The highest BCUT2D eigenvalue weighted by atomic mass is 16.2. The van der Waals surface area contributed by atoms with Crippen molar-refractivity contribution in [2.45, 2.75) is 39.5 Å². The Bertz CT molecular complexity index is 97.0. The maximum absolute atomic E-state index is 8.48. The number of aliphatic hydroxyl groups excluding tert-OH is 1. The predicted octanol–water partition coefficient (Wildman–Crippen LogP) is 2.75. The molecule has 0 amide bonds. The van der Waals surface area contributed by atoms with Crippen LogP contribution in [0.25, 0.3) is 0 Å².